The van der Waals surface area contributed by atoms with Gasteiger partial charge in [0.1, 0.15) is 11.6 Å². The van der Waals surface area contributed by atoms with E-state index in [-0.39, 0.29) is 5.69 Å². The van der Waals surface area contributed by atoms with Crippen LogP contribution in [0.5, 0.6) is 0 Å². The largest absolute Gasteiger partial charge is 0.461 e. The summed E-state index contributed by atoms with van der Waals surface area (Å²) in [6.45, 7) is 6.33. The highest BCUT2D eigenvalue weighted by molar-refractivity contribution is 5.92. The molecule has 0 spiro atoms. The Labute approximate surface area is 118 Å². The van der Waals surface area contributed by atoms with E-state index in [2.05, 4.69) is 9.88 Å². The van der Waals surface area contributed by atoms with E-state index < -0.39 is 5.97 Å². The summed E-state index contributed by atoms with van der Waals surface area (Å²) in [7, 11) is 0. The molecule has 0 bridgehead atoms. The van der Waals surface area contributed by atoms with Crippen molar-refractivity contribution in [2.45, 2.75) is 45.2 Å². The monoisotopic (exact) mass is 278 g/mol. The molecule has 0 amide bonds. The van der Waals surface area contributed by atoms with Gasteiger partial charge in [-0.2, -0.15) is 0 Å². The maximum absolute atomic E-state index is 11.9. The predicted octanol–water partition coefficient (Wildman–Crippen LogP) is 1.36. The number of nitrogen functional groups attached to an aromatic ring is 1. The van der Waals surface area contributed by atoms with Gasteiger partial charge in [-0.05, 0) is 39.7 Å². The van der Waals surface area contributed by atoms with Gasteiger partial charge in [0, 0.05) is 12.6 Å². The molecule has 3 heterocycles. The molecule has 20 heavy (non-hydrogen) atoms. The molecule has 2 aliphatic rings. The Morgan fingerprint density at radius 1 is 1.40 bits per heavy atom. The van der Waals surface area contributed by atoms with Crippen molar-refractivity contribution in [3.63, 3.8) is 0 Å². The minimum Gasteiger partial charge on any atom is -0.461 e. The lowest BCUT2D eigenvalue weighted by atomic mass is 10.1. The molecule has 2 unspecified atom stereocenters. The number of rotatable bonds is 3. The molecule has 0 aliphatic carbocycles. The number of nitrogens with zero attached hydrogens (tertiary/aromatic N) is 3. The molecule has 110 valence electrons. The summed E-state index contributed by atoms with van der Waals surface area (Å²) in [6.07, 6.45) is 3.53. The lowest BCUT2D eigenvalue weighted by Crippen LogP contribution is -2.28. The van der Waals surface area contributed by atoms with Crippen LogP contribution in [-0.4, -0.2) is 46.2 Å². The summed E-state index contributed by atoms with van der Waals surface area (Å²) in [5.74, 6) is 0.845. The van der Waals surface area contributed by atoms with Gasteiger partial charge >= 0.3 is 5.97 Å². The summed E-state index contributed by atoms with van der Waals surface area (Å²) in [5.41, 5.74) is 6.44. The topological polar surface area (TPSA) is 73.4 Å². The molecule has 2 aliphatic heterocycles. The second-order valence-electron chi connectivity index (χ2n) is 5.58. The first-order valence-electron chi connectivity index (χ1n) is 7.39. The van der Waals surface area contributed by atoms with Crippen molar-refractivity contribution in [1.82, 2.24) is 14.5 Å². The molecule has 2 atom stereocenters. The number of anilines is 1. The van der Waals surface area contributed by atoms with Crippen LogP contribution in [-0.2, 0) is 4.74 Å². The van der Waals surface area contributed by atoms with E-state index in [1.54, 1.807) is 6.92 Å². The Balaban J connectivity index is 1.92. The molecule has 1 aromatic heterocycles. The molecule has 6 nitrogen and oxygen atoms in total. The van der Waals surface area contributed by atoms with Crippen LogP contribution in [0, 0.1) is 6.92 Å². The third-order valence-corrected chi connectivity index (χ3v) is 4.50. The Hall–Kier alpha value is -1.56. The zero-order valence-electron chi connectivity index (χ0n) is 12.1. The highest BCUT2D eigenvalue weighted by atomic mass is 16.5. The first-order chi connectivity index (χ1) is 9.63. The summed E-state index contributed by atoms with van der Waals surface area (Å²) in [5, 5.41) is 0. The zero-order chi connectivity index (χ0) is 14.3. The number of ether oxygens (including phenoxy) is 1. The van der Waals surface area contributed by atoms with E-state index >= 15 is 0 Å². The van der Waals surface area contributed by atoms with E-state index in [4.69, 9.17) is 10.5 Å². The molecule has 1 aromatic rings. The van der Waals surface area contributed by atoms with E-state index in [1.807, 2.05) is 11.5 Å². The van der Waals surface area contributed by atoms with Gasteiger partial charge in [-0.25, -0.2) is 9.78 Å². The van der Waals surface area contributed by atoms with Crippen molar-refractivity contribution in [2.24, 2.45) is 0 Å². The third-order valence-electron chi connectivity index (χ3n) is 4.50. The van der Waals surface area contributed by atoms with Crippen LogP contribution in [0.3, 0.4) is 0 Å². The molecule has 2 N–H and O–H groups in total. The maximum Gasteiger partial charge on any atom is 0.360 e. The van der Waals surface area contributed by atoms with E-state index in [0.717, 1.165) is 18.8 Å². The minimum absolute atomic E-state index is 0.265. The van der Waals surface area contributed by atoms with Gasteiger partial charge in [0.15, 0.2) is 5.69 Å². The van der Waals surface area contributed by atoms with Crippen molar-refractivity contribution in [3.05, 3.63) is 11.5 Å². The smallest absolute Gasteiger partial charge is 0.360 e. The second-order valence-corrected chi connectivity index (χ2v) is 5.58. The summed E-state index contributed by atoms with van der Waals surface area (Å²) in [4.78, 5) is 18.7. The lowest BCUT2D eigenvalue weighted by Gasteiger charge is -2.23. The Bertz CT molecular complexity index is 525. The van der Waals surface area contributed by atoms with E-state index in [0.29, 0.717) is 24.5 Å². The normalized spacial score (nSPS) is 25.9. The van der Waals surface area contributed by atoms with Crippen LogP contribution in [0.2, 0.25) is 0 Å². The highest BCUT2D eigenvalue weighted by Gasteiger charge is 2.40. The van der Waals surface area contributed by atoms with Crippen LogP contribution >= 0.6 is 0 Å². The number of aromatic nitrogens is 2. The lowest BCUT2D eigenvalue weighted by molar-refractivity contribution is 0.0521. The number of hydrogen-bond acceptors (Lipinski definition) is 5. The average Bonchev–Trinajstić information content (AvgIpc) is 3.06. The van der Waals surface area contributed by atoms with Crippen molar-refractivity contribution < 1.29 is 9.53 Å². The number of fused-ring (bicyclic) bond motifs is 1. The molecule has 2 saturated heterocycles. The number of esters is 1. The fourth-order valence-electron chi connectivity index (χ4n) is 3.69. The third kappa shape index (κ3) is 1.98. The maximum atomic E-state index is 11.9. The molecular formula is C14H22N4O2. The summed E-state index contributed by atoms with van der Waals surface area (Å²) in [6, 6.07) is 0.883. The first-order valence-corrected chi connectivity index (χ1v) is 7.39. The predicted molar refractivity (Wildman–Crippen MR) is 75.6 cm³/mol. The fourth-order valence-corrected chi connectivity index (χ4v) is 3.69. The second kappa shape index (κ2) is 5.09. The first kappa shape index (κ1) is 13.4. The number of carbonyl (C=O) groups is 1. The molecule has 3 rings (SSSR count). The molecular weight excluding hydrogens is 256 g/mol. The van der Waals surface area contributed by atoms with Crippen LogP contribution in [0.1, 0.15) is 48.5 Å². The summed E-state index contributed by atoms with van der Waals surface area (Å²) >= 11 is 0. The molecule has 0 aromatic carbocycles. The van der Waals surface area contributed by atoms with Crippen molar-refractivity contribution in [2.75, 3.05) is 25.4 Å². The van der Waals surface area contributed by atoms with Gasteiger partial charge in [0.2, 0.25) is 0 Å². The number of carbonyl (C=O) groups excluding carboxylic acids is 1. The molecule has 0 saturated carbocycles. The summed E-state index contributed by atoms with van der Waals surface area (Å²) < 4.78 is 7.07. The number of nitrogens with two attached hydrogens (primary N) is 1. The van der Waals surface area contributed by atoms with Crippen LogP contribution in [0.15, 0.2) is 0 Å². The van der Waals surface area contributed by atoms with Crippen LogP contribution < -0.4 is 5.73 Å². The zero-order valence-corrected chi connectivity index (χ0v) is 12.1. The fraction of sp³-hybridized carbons (Fsp3) is 0.714. The van der Waals surface area contributed by atoms with Crippen molar-refractivity contribution in [1.29, 1.82) is 0 Å². The van der Waals surface area contributed by atoms with Gasteiger partial charge in [0.05, 0.1) is 12.6 Å². The van der Waals surface area contributed by atoms with Crippen LogP contribution in [0.25, 0.3) is 0 Å². The quantitative estimate of drug-likeness (QED) is 0.845. The SMILES string of the molecule is CCOC(=O)c1nc(C)n(C2CCN3CCCC23)c1N. The Morgan fingerprint density at radius 2 is 2.20 bits per heavy atom. The van der Waals surface area contributed by atoms with Gasteiger partial charge < -0.3 is 15.0 Å². The Kier molecular flexibility index (Phi) is 3.41. The molecule has 0 radical (unpaired) electrons. The van der Waals surface area contributed by atoms with Crippen LogP contribution in [0.4, 0.5) is 5.82 Å². The van der Waals surface area contributed by atoms with Crippen molar-refractivity contribution >= 4 is 11.8 Å². The van der Waals surface area contributed by atoms with Gasteiger partial charge in [0.25, 0.3) is 0 Å². The van der Waals surface area contributed by atoms with Crippen molar-refractivity contribution in [3.8, 4) is 0 Å². The van der Waals surface area contributed by atoms with Gasteiger partial charge in [-0.1, -0.05) is 0 Å². The molecule has 2 fully saturated rings. The molecule has 6 heteroatoms. The number of hydrogen-bond donors (Lipinski definition) is 1. The number of aryl methyl sites for hydroxylation is 1. The Morgan fingerprint density at radius 3 is 2.95 bits per heavy atom. The standard InChI is InChI=1S/C14H22N4O2/c1-3-20-14(19)12-13(15)18(9(2)16-12)11-6-8-17-7-4-5-10(11)17/h10-11H,3-8,15H2,1-2H3. The average molecular weight is 278 g/mol. The highest BCUT2D eigenvalue weighted by Crippen LogP contribution is 2.38. The van der Waals surface area contributed by atoms with E-state index in [1.165, 1.54) is 19.4 Å². The minimum atomic E-state index is -0.423. The van der Waals surface area contributed by atoms with Gasteiger partial charge in [-0.15, -0.1) is 0 Å². The van der Waals surface area contributed by atoms with Gasteiger partial charge in [-0.3, -0.25) is 4.90 Å². The van der Waals surface area contributed by atoms with E-state index in [9.17, 15) is 4.79 Å². The number of imidazole rings is 1.